The van der Waals surface area contributed by atoms with Crippen LogP contribution in [-0.2, 0) is 13.6 Å². The minimum atomic E-state index is -0.394. The Bertz CT molecular complexity index is 1080. The number of benzene rings is 1. The molecule has 7 nitrogen and oxygen atoms in total. The molecule has 1 saturated heterocycles. The number of nitrogens with two attached hydrogens (primary N) is 1. The van der Waals surface area contributed by atoms with Crippen LogP contribution in [0, 0.1) is 11.8 Å². The first kappa shape index (κ1) is 25.3. The molecule has 0 atom stereocenters. The van der Waals surface area contributed by atoms with Crippen LogP contribution in [-0.4, -0.2) is 44.8 Å². The molecule has 2 aromatic rings. The third-order valence-electron chi connectivity index (χ3n) is 6.18. The summed E-state index contributed by atoms with van der Waals surface area (Å²) >= 11 is 1.44. The number of thioether (sulfide) groups is 1. The minimum Gasteiger partial charge on any atom is -0.384 e. The number of aromatic nitrogens is 2. The van der Waals surface area contributed by atoms with Crippen LogP contribution in [0.1, 0.15) is 46.1 Å². The lowest BCUT2D eigenvalue weighted by Crippen LogP contribution is -2.43. The van der Waals surface area contributed by atoms with Crippen LogP contribution in [0.2, 0.25) is 0 Å². The molecule has 0 saturated carbocycles. The highest BCUT2D eigenvalue weighted by Crippen LogP contribution is 2.26. The topological polar surface area (TPSA) is 85.6 Å². The number of anilines is 1. The van der Waals surface area contributed by atoms with E-state index < -0.39 is 5.56 Å². The van der Waals surface area contributed by atoms with Gasteiger partial charge in [-0.1, -0.05) is 43.8 Å². The van der Waals surface area contributed by atoms with Gasteiger partial charge in [0.1, 0.15) is 16.4 Å². The van der Waals surface area contributed by atoms with E-state index in [-0.39, 0.29) is 17.4 Å². The number of rotatable bonds is 7. The van der Waals surface area contributed by atoms with Crippen LogP contribution in [0.15, 0.2) is 49.8 Å². The first-order valence-corrected chi connectivity index (χ1v) is 12.6. The summed E-state index contributed by atoms with van der Waals surface area (Å²) in [6.45, 7) is 11.7. The molecule has 8 heteroatoms. The van der Waals surface area contributed by atoms with Gasteiger partial charge in [-0.05, 0) is 63.7 Å². The van der Waals surface area contributed by atoms with E-state index in [4.69, 9.17) is 10.7 Å². The fraction of sp³-hybridized carbons (Fsp3) is 0.560. The van der Waals surface area contributed by atoms with E-state index in [0.717, 1.165) is 35.4 Å². The van der Waals surface area contributed by atoms with Crippen molar-refractivity contribution < 1.29 is 0 Å². The van der Waals surface area contributed by atoms with E-state index in [9.17, 15) is 9.59 Å². The SMILES string of the molecule is CC(C)Cn1c(N)c(C(=NCC2CCN(C(C)C)CC2)Sc2ccccc2)c(=O)n(C)c1=O. The van der Waals surface area contributed by atoms with Crippen LogP contribution in [0.3, 0.4) is 0 Å². The Balaban J connectivity index is 2.00. The normalized spacial score (nSPS) is 16.2. The number of piperidine rings is 1. The summed E-state index contributed by atoms with van der Waals surface area (Å²) in [5.74, 6) is 0.885. The number of hydrogen-bond donors (Lipinski definition) is 1. The van der Waals surface area contributed by atoms with Gasteiger partial charge in [-0.2, -0.15) is 0 Å². The quantitative estimate of drug-likeness (QED) is 0.380. The first-order chi connectivity index (χ1) is 15.7. The predicted octanol–water partition coefficient (Wildman–Crippen LogP) is 3.44. The van der Waals surface area contributed by atoms with Gasteiger partial charge in [-0.25, -0.2) is 4.79 Å². The summed E-state index contributed by atoms with van der Waals surface area (Å²) in [6.07, 6.45) is 2.18. The highest BCUT2D eigenvalue weighted by molar-refractivity contribution is 8.14. The highest BCUT2D eigenvalue weighted by Gasteiger charge is 2.24. The number of nitrogens with zero attached hydrogens (tertiary/aromatic N) is 4. The fourth-order valence-corrected chi connectivity index (χ4v) is 5.10. The number of likely N-dealkylation sites (tertiary alicyclic amines) is 1. The van der Waals surface area contributed by atoms with E-state index in [1.165, 1.54) is 23.4 Å². The van der Waals surface area contributed by atoms with E-state index >= 15 is 0 Å². The second kappa shape index (κ2) is 11.2. The maximum absolute atomic E-state index is 13.2. The van der Waals surface area contributed by atoms with Crippen LogP contribution >= 0.6 is 11.8 Å². The van der Waals surface area contributed by atoms with Gasteiger partial charge in [0.15, 0.2) is 0 Å². The summed E-state index contributed by atoms with van der Waals surface area (Å²) in [4.78, 5) is 34.4. The molecule has 2 N–H and O–H groups in total. The Morgan fingerprint density at radius 2 is 1.76 bits per heavy atom. The second-order valence-electron chi connectivity index (χ2n) is 9.55. The van der Waals surface area contributed by atoms with Crippen LogP contribution in [0.25, 0.3) is 0 Å². The molecule has 33 heavy (non-hydrogen) atoms. The van der Waals surface area contributed by atoms with E-state index in [1.807, 2.05) is 44.2 Å². The molecular formula is C25H37N5O2S. The van der Waals surface area contributed by atoms with Gasteiger partial charge >= 0.3 is 5.69 Å². The van der Waals surface area contributed by atoms with E-state index in [2.05, 4.69) is 18.7 Å². The molecule has 180 valence electrons. The zero-order chi connectivity index (χ0) is 24.1. The third kappa shape index (κ3) is 6.18. The molecule has 1 aromatic heterocycles. The van der Waals surface area contributed by atoms with Crippen molar-refractivity contribution in [3.8, 4) is 0 Å². The second-order valence-corrected chi connectivity index (χ2v) is 10.6. The minimum absolute atomic E-state index is 0.202. The van der Waals surface area contributed by atoms with Crippen molar-refractivity contribution in [3.63, 3.8) is 0 Å². The Hall–Kier alpha value is -2.32. The van der Waals surface area contributed by atoms with Gasteiger partial charge in [-0.15, -0.1) is 0 Å². The van der Waals surface area contributed by atoms with Crippen LogP contribution in [0.5, 0.6) is 0 Å². The van der Waals surface area contributed by atoms with Gasteiger partial charge in [0.25, 0.3) is 5.56 Å². The summed E-state index contributed by atoms with van der Waals surface area (Å²) in [5, 5.41) is 0.586. The summed E-state index contributed by atoms with van der Waals surface area (Å²) < 4.78 is 2.65. The standard InChI is InChI=1S/C25H37N5O2S/c1-17(2)16-30-22(26)21(24(31)28(5)25(30)32)23(33-20-9-7-6-8-10-20)27-15-19-11-13-29(14-12-19)18(3)4/h6-10,17-19H,11-16,26H2,1-5H3. The van der Waals surface area contributed by atoms with Crippen molar-refractivity contribution in [2.75, 3.05) is 25.4 Å². The molecular weight excluding hydrogens is 434 g/mol. The highest BCUT2D eigenvalue weighted by atomic mass is 32.2. The molecule has 0 spiro atoms. The van der Waals surface area contributed by atoms with Crippen LogP contribution < -0.4 is 17.0 Å². The lowest BCUT2D eigenvalue weighted by molar-refractivity contribution is 0.152. The molecule has 1 fully saturated rings. The average molecular weight is 472 g/mol. The predicted molar refractivity (Wildman–Crippen MR) is 138 cm³/mol. The largest absolute Gasteiger partial charge is 0.384 e. The number of nitrogen functional groups attached to an aromatic ring is 1. The van der Waals surface area contributed by atoms with Crippen molar-refractivity contribution in [1.82, 2.24) is 14.0 Å². The molecule has 0 bridgehead atoms. The van der Waals surface area contributed by atoms with Crippen molar-refractivity contribution in [1.29, 1.82) is 0 Å². The zero-order valence-electron chi connectivity index (χ0n) is 20.5. The molecule has 0 amide bonds. The van der Waals surface area contributed by atoms with Gasteiger partial charge in [0.2, 0.25) is 0 Å². The number of hydrogen-bond acceptors (Lipinski definition) is 6. The molecule has 2 heterocycles. The molecule has 1 aliphatic rings. The van der Waals surface area contributed by atoms with Crippen molar-refractivity contribution in [2.24, 2.45) is 23.9 Å². The van der Waals surface area contributed by atoms with E-state index in [0.29, 0.717) is 35.7 Å². The fourth-order valence-electron chi connectivity index (χ4n) is 4.15. The Labute approximate surface area is 200 Å². The zero-order valence-corrected chi connectivity index (χ0v) is 21.3. The molecule has 3 rings (SSSR count). The first-order valence-electron chi connectivity index (χ1n) is 11.8. The van der Waals surface area contributed by atoms with Gasteiger partial charge in [0, 0.05) is 31.1 Å². The van der Waals surface area contributed by atoms with E-state index in [1.54, 1.807) is 0 Å². The van der Waals surface area contributed by atoms with Crippen LogP contribution in [0.4, 0.5) is 5.82 Å². The van der Waals surface area contributed by atoms with Crippen molar-refractivity contribution >= 4 is 22.6 Å². The smallest absolute Gasteiger partial charge is 0.332 e. The lowest BCUT2D eigenvalue weighted by Gasteiger charge is -2.34. The van der Waals surface area contributed by atoms with Gasteiger partial charge < -0.3 is 10.6 Å². The Kier molecular flexibility index (Phi) is 8.59. The summed E-state index contributed by atoms with van der Waals surface area (Å²) in [5.41, 5.74) is 6.01. The van der Waals surface area contributed by atoms with Crippen molar-refractivity contribution in [3.05, 3.63) is 56.7 Å². The lowest BCUT2D eigenvalue weighted by atomic mass is 9.96. The summed E-state index contributed by atoms with van der Waals surface area (Å²) in [7, 11) is 1.51. The Morgan fingerprint density at radius 1 is 1.12 bits per heavy atom. The monoisotopic (exact) mass is 471 g/mol. The maximum Gasteiger partial charge on any atom is 0.332 e. The molecule has 0 radical (unpaired) electrons. The molecule has 1 aliphatic heterocycles. The van der Waals surface area contributed by atoms with Crippen molar-refractivity contribution in [2.45, 2.75) is 58.0 Å². The third-order valence-corrected chi connectivity index (χ3v) is 7.21. The molecule has 0 unspecified atom stereocenters. The van der Waals surface area contributed by atoms with Gasteiger partial charge in [-0.3, -0.25) is 18.9 Å². The summed E-state index contributed by atoms with van der Waals surface area (Å²) in [6, 6.07) is 10.4. The maximum atomic E-state index is 13.2. The van der Waals surface area contributed by atoms with Gasteiger partial charge in [0.05, 0.1) is 0 Å². The molecule has 0 aliphatic carbocycles. The average Bonchev–Trinajstić information content (AvgIpc) is 2.79. The molecule has 1 aromatic carbocycles. The Morgan fingerprint density at radius 3 is 2.33 bits per heavy atom. The number of aliphatic imine (C=N–C) groups is 1.